The van der Waals surface area contributed by atoms with Gasteiger partial charge in [0.25, 0.3) is 0 Å². The van der Waals surface area contributed by atoms with Crippen molar-refractivity contribution in [2.24, 2.45) is 5.92 Å². The first-order valence-electron chi connectivity index (χ1n) is 8.94. The monoisotopic (exact) mass is 332 g/mol. The summed E-state index contributed by atoms with van der Waals surface area (Å²) in [7, 11) is 0. The molecule has 1 aliphatic heterocycles. The third-order valence-electron chi connectivity index (χ3n) is 5.16. The summed E-state index contributed by atoms with van der Waals surface area (Å²) in [4.78, 5) is 26.3. The fourth-order valence-electron chi connectivity index (χ4n) is 3.71. The number of piperidine rings is 1. The highest BCUT2D eigenvalue weighted by molar-refractivity contribution is 5.80. The molecule has 0 bridgehead atoms. The Balaban J connectivity index is 1.44. The largest absolute Gasteiger partial charge is 0.353 e. The average Bonchev–Trinajstić information content (AvgIpc) is 3.10. The maximum absolute atomic E-state index is 13.2. The van der Waals surface area contributed by atoms with Crippen LogP contribution in [-0.4, -0.2) is 35.8 Å². The number of hydrogen-bond acceptors (Lipinski definition) is 2. The van der Waals surface area contributed by atoms with Crippen LogP contribution in [0.4, 0.5) is 4.39 Å². The molecule has 2 aliphatic rings. The molecule has 1 aromatic carbocycles. The van der Waals surface area contributed by atoms with E-state index in [2.05, 4.69) is 5.32 Å². The van der Waals surface area contributed by atoms with Gasteiger partial charge in [0.05, 0.1) is 6.42 Å². The van der Waals surface area contributed by atoms with E-state index in [4.69, 9.17) is 0 Å². The lowest BCUT2D eigenvalue weighted by molar-refractivity contribution is -0.131. The molecule has 1 N–H and O–H groups in total. The molecule has 3 rings (SSSR count). The van der Waals surface area contributed by atoms with Crippen molar-refractivity contribution in [3.05, 3.63) is 35.6 Å². The molecule has 5 heteroatoms. The number of benzene rings is 1. The van der Waals surface area contributed by atoms with Gasteiger partial charge < -0.3 is 10.2 Å². The second kappa shape index (κ2) is 7.77. The van der Waals surface area contributed by atoms with E-state index in [9.17, 15) is 14.0 Å². The lowest BCUT2D eigenvalue weighted by Crippen LogP contribution is -2.48. The molecule has 0 aromatic heterocycles. The van der Waals surface area contributed by atoms with Gasteiger partial charge in [-0.25, -0.2) is 4.39 Å². The summed E-state index contributed by atoms with van der Waals surface area (Å²) in [5.74, 6) is 0.101. The normalized spacial score (nSPS) is 19.5. The standard InChI is InChI=1S/C19H25FN2O2/c20-16-7-3-4-14(12-16)13-18(23)22-10-8-17(9-11-22)21-19(24)15-5-1-2-6-15/h3-4,7,12,15,17H,1-2,5-6,8-11,13H2,(H,21,24). The van der Waals surface area contributed by atoms with Gasteiger partial charge in [-0.1, -0.05) is 25.0 Å². The Bertz CT molecular complexity index is 591. The van der Waals surface area contributed by atoms with Crippen LogP contribution in [0.1, 0.15) is 44.1 Å². The predicted molar refractivity (Wildman–Crippen MR) is 89.8 cm³/mol. The highest BCUT2D eigenvalue weighted by atomic mass is 19.1. The summed E-state index contributed by atoms with van der Waals surface area (Å²) in [6.45, 7) is 1.31. The number of carbonyl (C=O) groups excluding carboxylic acids is 2. The van der Waals surface area contributed by atoms with Crippen LogP contribution in [-0.2, 0) is 16.0 Å². The Morgan fingerprint density at radius 2 is 1.83 bits per heavy atom. The topological polar surface area (TPSA) is 49.4 Å². The van der Waals surface area contributed by atoms with Crippen molar-refractivity contribution in [2.75, 3.05) is 13.1 Å². The van der Waals surface area contributed by atoms with Gasteiger partial charge >= 0.3 is 0 Å². The fourth-order valence-corrected chi connectivity index (χ4v) is 3.71. The zero-order chi connectivity index (χ0) is 16.9. The Kier molecular flexibility index (Phi) is 5.48. The molecular weight excluding hydrogens is 307 g/mol. The molecule has 1 heterocycles. The van der Waals surface area contributed by atoms with Crippen LogP contribution in [0.15, 0.2) is 24.3 Å². The second-order valence-corrected chi connectivity index (χ2v) is 6.95. The molecule has 0 unspecified atom stereocenters. The summed E-state index contributed by atoms with van der Waals surface area (Å²) in [6, 6.07) is 6.37. The van der Waals surface area contributed by atoms with E-state index in [1.807, 2.05) is 4.90 Å². The average molecular weight is 332 g/mol. The van der Waals surface area contributed by atoms with Gasteiger partial charge in [0.1, 0.15) is 5.82 Å². The van der Waals surface area contributed by atoms with Gasteiger partial charge in [0.2, 0.25) is 11.8 Å². The number of carbonyl (C=O) groups is 2. The van der Waals surface area contributed by atoms with Crippen LogP contribution in [0.2, 0.25) is 0 Å². The summed E-state index contributed by atoms with van der Waals surface area (Å²) < 4.78 is 13.2. The molecule has 24 heavy (non-hydrogen) atoms. The molecule has 1 saturated carbocycles. The van der Waals surface area contributed by atoms with Crippen molar-refractivity contribution >= 4 is 11.8 Å². The van der Waals surface area contributed by atoms with E-state index in [1.165, 1.54) is 12.1 Å². The maximum atomic E-state index is 13.2. The lowest BCUT2D eigenvalue weighted by atomic mass is 10.0. The minimum atomic E-state index is -0.311. The number of halogens is 1. The fraction of sp³-hybridized carbons (Fsp3) is 0.579. The lowest BCUT2D eigenvalue weighted by Gasteiger charge is -2.33. The molecule has 2 amide bonds. The van der Waals surface area contributed by atoms with Crippen molar-refractivity contribution in [1.82, 2.24) is 10.2 Å². The molecule has 4 nitrogen and oxygen atoms in total. The molecule has 0 spiro atoms. The zero-order valence-corrected chi connectivity index (χ0v) is 14.0. The highest BCUT2D eigenvalue weighted by Crippen LogP contribution is 2.25. The summed E-state index contributed by atoms with van der Waals surface area (Å²) >= 11 is 0. The van der Waals surface area contributed by atoms with Gasteiger partial charge in [0, 0.05) is 25.0 Å². The summed E-state index contributed by atoms with van der Waals surface area (Å²) in [5.41, 5.74) is 0.705. The predicted octanol–water partition coefficient (Wildman–Crippen LogP) is 2.67. The number of likely N-dealkylation sites (tertiary alicyclic amines) is 1. The number of hydrogen-bond donors (Lipinski definition) is 1. The van der Waals surface area contributed by atoms with Crippen LogP contribution >= 0.6 is 0 Å². The van der Waals surface area contributed by atoms with Crippen LogP contribution < -0.4 is 5.32 Å². The van der Waals surface area contributed by atoms with Crippen molar-refractivity contribution < 1.29 is 14.0 Å². The van der Waals surface area contributed by atoms with E-state index in [1.54, 1.807) is 12.1 Å². The summed E-state index contributed by atoms with van der Waals surface area (Å²) in [5, 5.41) is 3.15. The third kappa shape index (κ3) is 4.34. The minimum absolute atomic E-state index is 0.0289. The molecule has 0 radical (unpaired) electrons. The van der Waals surface area contributed by atoms with E-state index in [-0.39, 0.29) is 36.0 Å². The van der Waals surface area contributed by atoms with Crippen molar-refractivity contribution in [2.45, 2.75) is 51.0 Å². The number of nitrogens with zero attached hydrogens (tertiary/aromatic N) is 1. The smallest absolute Gasteiger partial charge is 0.226 e. The van der Waals surface area contributed by atoms with E-state index < -0.39 is 0 Å². The van der Waals surface area contributed by atoms with E-state index in [0.717, 1.165) is 38.5 Å². The van der Waals surface area contributed by atoms with Gasteiger partial charge in [-0.05, 0) is 43.4 Å². The van der Waals surface area contributed by atoms with Crippen LogP contribution in [0.3, 0.4) is 0 Å². The van der Waals surface area contributed by atoms with Gasteiger partial charge in [0.15, 0.2) is 0 Å². The van der Waals surface area contributed by atoms with Gasteiger partial charge in [-0.2, -0.15) is 0 Å². The minimum Gasteiger partial charge on any atom is -0.353 e. The van der Waals surface area contributed by atoms with Crippen LogP contribution in [0.25, 0.3) is 0 Å². The Hall–Kier alpha value is -1.91. The second-order valence-electron chi connectivity index (χ2n) is 6.95. The molecule has 0 atom stereocenters. The Morgan fingerprint density at radius 1 is 1.12 bits per heavy atom. The van der Waals surface area contributed by atoms with Crippen LogP contribution in [0.5, 0.6) is 0 Å². The van der Waals surface area contributed by atoms with E-state index in [0.29, 0.717) is 18.7 Å². The number of rotatable bonds is 4. The molecule has 1 saturated heterocycles. The molecule has 1 aliphatic carbocycles. The van der Waals surface area contributed by atoms with Crippen molar-refractivity contribution in [1.29, 1.82) is 0 Å². The Labute approximate surface area is 142 Å². The zero-order valence-electron chi connectivity index (χ0n) is 14.0. The first kappa shape index (κ1) is 16.9. The Morgan fingerprint density at radius 3 is 2.50 bits per heavy atom. The molecule has 1 aromatic rings. The first-order chi connectivity index (χ1) is 11.6. The van der Waals surface area contributed by atoms with E-state index >= 15 is 0 Å². The molecule has 2 fully saturated rings. The van der Waals surface area contributed by atoms with Crippen molar-refractivity contribution in [3.8, 4) is 0 Å². The quantitative estimate of drug-likeness (QED) is 0.921. The summed E-state index contributed by atoms with van der Waals surface area (Å²) in [6.07, 6.45) is 6.17. The maximum Gasteiger partial charge on any atom is 0.226 e. The SMILES string of the molecule is O=C(NC1CCN(C(=O)Cc2cccc(F)c2)CC1)C1CCCC1. The van der Waals surface area contributed by atoms with Gasteiger partial charge in [-0.15, -0.1) is 0 Å². The van der Waals surface area contributed by atoms with Crippen molar-refractivity contribution in [3.63, 3.8) is 0 Å². The third-order valence-corrected chi connectivity index (χ3v) is 5.16. The first-order valence-corrected chi connectivity index (χ1v) is 8.94. The van der Waals surface area contributed by atoms with Crippen LogP contribution in [0, 0.1) is 11.7 Å². The van der Waals surface area contributed by atoms with Gasteiger partial charge in [-0.3, -0.25) is 9.59 Å². The number of nitrogens with one attached hydrogen (secondary N) is 1. The molecule has 130 valence electrons. The number of amides is 2. The molecular formula is C19H25FN2O2. The highest BCUT2D eigenvalue weighted by Gasteiger charge is 2.27.